The van der Waals surface area contributed by atoms with Crippen LogP contribution in [0.1, 0.15) is 18.2 Å². The highest BCUT2D eigenvalue weighted by atomic mass is 35.5. The maximum Gasteiger partial charge on any atom is 0.0964 e. The topological polar surface area (TPSA) is 47.7 Å². The second-order valence-corrected chi connectivity index (χ2v) is 7.25. The molecule has 1 atom stereocenters. The molecule has 0 aliphatic carbocycles. The Morgan fingerprint density at radius 3 is 2.33 bits per heavy atom. The van der Waals surface area contributed by atoms with Gasteiger partial charge in [0, 0.05) is 23.7 Å². The lowest BCUT2D eigenvalue weighted by Crippen LogP contribution is -2.13. The van der Waals surface area contributed by atoms with E-state index in [0.29, 0.717) is 6.04 Å². The van der Waals surface area contributed by atoms with Gasteiger partial charge in [-0.2, -0.15) is 5.10 Å². The second kappa shape index (κ2) is 9.47. The number of imidazole rings is 1. The lowest BCUT2D eigenvalue weighted by Gasteiger charge is -2.16. The summed E-state index contributed by atoms with van der Waals surface area (Å²) in [6.07, 6.45) is 5.09. The molecule has 1 unspecified atom stereocenters. The number of halogens is 2. The molecule has 5 nitrogen and oxygen atoms in total. The fourth-order valence-corrected chi connectivity index (χ4v) is 4.06. The number of hydrogen-bond donors (Lipinski definition) is 1. The molecule has 0 amide bonds. The first-order chi connectivity index (χ1) is 13.8. The quantitative estimate of drug-likeness (QED) is 0.479. The number of aromatic nitrogens is 4. The summed E-state index contributed by atoms with van der Waals surface area (Å²) in [5.41, 5.74) is 6.63. The first-order valence-electron chi connectivity index (χ1n) is 9.76. The molecular formula is C23H25Cl2N5. The average Bonchev–Trinajstić information content (AvgIpc) is 3.48. The second-order valence-electron chi connectivity index (χ2n) is 7.25. The molecule has 2 aromatic carbocycles. The highest BCUT2D eigenvalue weighted by Gasteiger charge is 2.25. The van der Waals surface area contributed by atoms with E-state index < -0.39 is 0 Å². The van der Waals surface area contributed by atoms with E-state index in [4.69, 9.17) is 10.1 Å². The zero-order valence-electron chi connectivity index (χ0n) is 16.7. The maximum atomic E-state index is 4.83. The molecule has 3 heterocycles. The van der Waals surface area contributed by atoms with E-state index in [2.05, 4.69) is 53.2 Å². The SMILES string of the molecule is Cc1c(-c2c(-c3ccccc3)ncn2C2CCNC2)cnn1-c1ccccc1.Cl.Cl. The van der Waals surface area contributed by atoms with Crippen LogP contribution >= 0.6 is 24.8 Å². The molecule has 1 fully saturated rings. The minimum Gasteiger partial charge on any atom is -0.326 e. The third-order valence-corrected chi connectivity index (χ3v) is 5.53. The van der Waals surface area contributed by atoms with E-state index in [1.54, 1.807) is 0 Å². The van der Waals surface area contributed by atoms with Crippen molar-refractivity contribution in [1.82, 2.24) is 24.6 Å². The van der Waals surface area contributed by atoms with Crippen LogP contribution in [-0.2, 0) is 0 Å². The Kier molecular flexibility index (Phi) is 6.98. The highest BCUT2D eigenvalue weighted by molar-refractivity contribution is 5.85. The van der Waals surface area contributed by atoms with Crippen LogP contribution in [0.3, 0.4) is 0 Å². The molecule has 0 saturated carbocycles. The van der Waals surface area contributed by atoms with E-state index in [0.717, 1.165) is 53.4 Å². The van der Waals surface area contributed by atoms with Crippen molar-refractivity contribution in [2.75, 3.05) is 13.1 Å². The van der Waals surface area contributed by atoms with E-state index in [1.165, 1.54) is 0 Å². The van der Waals surface area contributed by atoms with Crippen molar-refractivity contribution in [3.05, 3.63) is 78.9 Å². The van der Waals surface area contributed by atoms with E-state index in [9.17, 15) is 0 Å². The van der Waals surface area contributed by atoms with Gasteiger partial charge >= 0.3 is 0 Å². The first-order valence-corrected chi connectivity index (χ1v) is 9.76. The number of nitrogens with zero attached hydrogens (tertiary/aromatic N) is 4. The van der Waals surface area contributed by atoms with Gasteiger partial charge in [0.25, 0.3) is 0 Å². The van der Waals surface area contributed by atoms with Gasteiger partial charge in [0.2, 0.25) is 0 Å². The van der Waals surface area contributed by atoms with Crippen LogP contribution in [0.15, 0.2) is 73.2 Å². The predicted octanol–water partition coefficient (Wildman–Crippen LogP) is 5.09. The monoisotopic (exact) mass is 441 g/mol. The fraction of sp³-hybridized carbons (Fsp3) is 0.217. The van der Waals surface area contributed by atoms with Crippen molar-refractivity contribution in [2.24, 2.45) is 0 Å². The molecule has 1 N–H and O–H groups in total. The van der Waals surface area contributed by atoms with Gasteiger partial charge in [-0.05, 0) is 32.0 Å². The third-order valence-electron chi connectivity index (χ3n) is 5.53. The van der Waals surface area contributed by atoms with E-state index in [-0.39, 0.29) is 24.8 Å². The average molecular weight is 442 g/mol. The van der Waals surface area contributed by atoms with Crippen LogP contribution in [0.4, 0.5) is 0 Å². The molecule has 0 bridgehead atoms. The normalized spacial score (nSPS) is 15.4. The number of nitrogens with one attached hydrogen (secondary N) is 1. The number of rotatable bonds is 4. The molecule has 0 radical (unpaired) electrons. The van der Waals surface area contributed by atoms with Crippen LogP contribution in [0.5, 0.6) is 0 Å². The van der Waals surface area contributed by atoms with Crippen molar-refractivity contribution >= 4 is 24.8 Å². The van der Waals surface area contributed by atoms with Crippen molar-refractivity contribution in [2.45, 2.75) is 19.4 Å². The summed E-state index contributed by atoms with van der Waals surface area (Å²) < 4.78 is 4.34. The lowest BCUT2D eigenvalue weighted by molar-refractivity contribution is 0.551. The minimum absolute atomic E-state index is 0. The van der Waals surface area contributed by atoms with Crippen molar-refractivity contribution in [3.8, 4) is 28.2 Å². The zero-order valence-corrected chi connectivity index (χ0v) is 18.4. The van der Waals surface area contributed by atoms with Crippen LogP contribution in [-0.4, -0.2) is 32.4 Å². The standard InChI is InChI=1S/C23H23N5.2ClH/c1-17-21(15-26-28(17)19-10-6-3-7-11-19)23-22(18-8-4-2-5-9-18)25-16-27(23)20-12-13-24-14-20;;/h2-11,15-16,20,24H,12-14H2,1H3;2*1H. The molecule has 1 aliphatic rings. The van der Waals surface area contributed by atoms with Crippen molar-refractivity contribution in [1.29, 1.82) is 0 Å². The number of benzene rings is 2. The maximum absolute atomic E-state index is 4.83. The molecule has 1 aliphatic heterocycles. The fourth-order valence-electron chi connectivity index (χ4n) is 4.06. The molecule has 30 heavy (non-hydrogen) atoms. The number of para-hydroxylation sites is 1. The summed E-state index contributed by atoms with van der Waals surface area (Å²) in [6.45, 7) is 4.16. The van der Waals surface area contributed by atoms with Crippen LogP contribution in [0.25, 0.3) is 28.2 Å². The Bertz CT molecular complexity index is 1080. The van der Waals surface area contributed by atoms with Crippen molar-refractivity contribution < 1.29 is 0 Å². The first kappa shape index (κ1) is 22.1. The van der Waals surface area contributed by atoms with Crippen LogP contribution < -0.4 is 5.32 Å². The molecule has 156 valence electrons. The van der Waals surface area contributed by atoms with Gasteiger partial charge in [-0.15, -0.1) is 24.8 Å². The summed E-state index contributed by atoms with van der Waals surface area (Å²) in [5, 5.41) is 8.18. The molecular weight excluding hydrogens is 417 g/mol. The molecule has 0 spiro atoms. The molecule has 1 saturated heterocycles. The zero-order chi connectivity index (χ0) is 18.9. The van der Waals surface area contributed by atoms with Gasteiger partial charge in [-0.25, -0.2) is 9.67 Å². The molecule has 7 heteroatoms. The number of hydrogen-bond acceptors (Lipinski definition) is 3. The van der Waals surface area contributed by atoms with Gasteiger partial charge in [0.1, 0.15) is 0 Å². The van der Waals surface area contributed by atoms with Gasteiger partial charge in [0.15, 0.2) is 0 Å². The third kappa shape index (κ3) is 3.88. The van der Waals surface area contributed by atoms with Crippen LogP contribution in [0, 0.1) is 6.92 Å². The Morgan fingerprint density at radius 1 is 0.967 bits per heavy atom. The summed E-state index contributed by atoms with van der Waals surface area (Å²) in [5.74, 6) is 0. The van der Waals surface area contributed by atoms with Gasteiger partial charge in [0.05, 0.1) is 35.3 Å². The summed E-state index contributed by atoms with van der Waals surface area (Å²) in [7, 11) is 0. The Hall–Kier alpha value is -2.60. The Balaban J connectivity index is 0.00000128. The molecule has 4 aromatic rings. The molecule has 2 aromatic heterocycles. The molecule has 5 rings (SSSR count). The predicted molar refractivity (Wildman–Crippen MR) is 126 cm³/mol. The summed E-state index contributed by atoms with van der Waals surface area (Å²) >= 11 is 0. The van der Waals surface area contributed by atoms with E-state index >= 15 is 0 Å². The highest BCUT2D eigenvalue weighted by Crippen LogP contribution is 2.36. The smallest absolute Gasteiger partial charge is 0.0964 e. The van der Waals surface area contributed by atoms with E-state index in [1.807, 2.05) is 41.5 Å². The van der Waals surface area contributed by atoms with Gasteiger partial charge in [-0.1, -0.05) is 48.5 Å². The van der Waals surface area contributed by atoms with Crippen LogP contribution in [0.2, 0.25) is 0 Å². The van der Waals surface area contributed by atoms with Gasteiger partial charge in [-0.3, -0.25) is 0 Å². The van der Waals surface area contributed by atoms with Crippen molar-refractivity contribution in [3.63, 3.8) is 0 Å². The lowest BCUT2D eigenvalue weighted by atomic mass is 10.0. The largest absolute Gasteiger partial charge is 0.326 e. The Morgan fingerprint density at radius 2 is 1.67 bits per heavy atom. The summed E-state index contributed by atoms with van der Waals surface area (Å²) in [6, 6.07) is 21.1. The van der Waals surface area contributed by atoms with Gasteiger partial charge < -0.3 is 9.88 Å². The minimum atomic E-state index is 0. The summed E-state index contributed by atoms with van der Waals surface area (Å²) in [4.78, 5) is 4.83. The Labute approximate surface area is 189 Å².